The number of amides is 2. The smallest absolute Gasteiger partial charge is 0.410 e. The van der Waals surface area contributed by atoms with Crippen molar-refractivity contribution in [3.05, 3.63) is 141 Å². The molecule has 4 heterocycles. The molecule has 59 heavy (non-hydrogen) atoms. The third kappa shape index (κ3) is 11.3. The molecule has 0 saturated carbocycles. The number of benzene rings is 4. The summed E-state index contributed by atoms with van der Waals surface area (Å²) in [5, 5.41) is 1.06. The highest BCUT2D eigenvalue weighted by atomic mass is 79.9. The molecule has 4 aromatic carbocycles. The van der Waals surface area contributed by atoms with Crippen molar-refractivity contribution in [2.24, 2.45) is 11.8 Å². The van der Waals surface area contributed by atoms with Crippen molar-refractivity contribution < 1.29 is 19.1 Å². The van der Waals surface area contributed by atoms with Crippen molar-refractivity contribution in [3.63, 3.8) is 0 Å². The Bertz CT molecular complexity index is 2370. The van der Waals surface area contributed by atoms with Crippen molar-refractivity contribution in [3.8, 4) is 0 Å². The highest BCUT2D eigenvalue weighted by molar-refractivity contribution is 9.09. The fourth-order valence-corrected chi connectivity index (χ4v) is 7.94. The van der Waals surface area contributed by atoms with Gasteiger partial charge < -0.3 is 24.3 Å². The number of aromatic nitrogens is 4. The molecular formula is C46H55BrN6O6. The van der Waals surface area contributed by atoms with Crippen LogP contribution in [0.3, 0.4) is 0 Å². The number of rotatable bonds is 9. The van der Waals surface area contributed by atoms with E-state index in [9.17, 15) is 19.2 Å². The van der Waals surface area contributed by atoms with E-state index in [0.29, 0.717) is 45.8 Å². The minimum atomic E-state index is -0.283. The number of carbonyl (C=O) groups excluding carboxylic acids is 2. The van der Waals surface area contributed by atoms with Gasteiger partial charge in [0.1, 0.15) is 13.2 Å². The predicted molar refractivity (Wildman–Crippen MR) is 236 cm³/mol. The normalized spacial score (nSPS) is 16.5. The molecule has 2 aromatic heterocycles. The van der Waals surface area contributed by atoms with E-state index >= 15 is 0 Å². The molecule has 1 N–H and O–H groups in total. The average molecular weight is 868 g/mol. The van der Waals surface area contributed by atoms with E-state index in [4.69, 9.17) is 9.47 Å². The van der Waals surface area contributed by atoms with E-state index in [2.05, 4.69) is 20.9 Å². The van der Waals surface area contributed by atoms with Crippen LogP contribution in [0.25, 0.3) is 22.1 Å². The van der Waals surface area contributed by atoms with Crippen LogP contribution in [-0.2, 0) is 42.3 Å². The van der Waals surface area contributed by atoms with Gasteiger partial charge in [0, 0.05) is 51.1 Å². The van der Waals surface area contributed by atoms with Crippen LogP contribution in [0.2, 0.25) is 0 Å². The number of nitrogens with zero attached hydrogens (tertiary/aromatic N) is 5. The molecule has 13 heteroatoms. The number of aryl methyl sites for hydroxylation is 1. The fourth-order valence-electron chi connectivity index (χ4n) is 7.94. The number of hydrogen-bond acceptors (Lipinski definition) is 6. The molecule has 2 fully saturated rings. The van der Waals surface area contributed by atoms with Gasteiger partial charge >= 0.3 is 23.6 Å². The van der Waals surface area contributed by atoms with Crippen LogP contribution < -0.4 is 11.4 Å². The van der Waals surface area contributed by atoms with Gasteiger partial charge in [-0.05, 0) is 79.8 Å². The number of para-hydroxylation sites is 4. The van der Waals surface area contributed by atoms with Crippen LogP contribution in [0, 0.1) is 11.8 Å². The minimum Gasteiger partial charge on any atom is -0.445 e. The SMILES string of the molecule is CCBr.CCn1c(=O)n(CC2CCCN(C(=O)OCc3ccccc3)C2)c2ccccc21.O=C(OCc1ccccc1)N1CCCC(Cn2c(=O)[nH]c3ccccc32)C1. The number of H-pyrrole nitrogens is 1. The van der Waals surface area contributed by atoms with E-state index in [0.717, 1.165) is 64.2 Å². The molecule has 2 aliphatic rings. The Morgan fingerprint density at radius 1 is 0.627 bits per heavy atom. The lowest BCUT2D eigenvalue weighted by atomic mass is 9.98. The van der Waals surface area contributed by atoms with Crippen LogP contribution >= 0.6 is 15.9 Å². The van der Waals surface area contributed by atoms with Crippen LogP contribution in [0.1, 0.15) is 50.7 Å². The van der Waals surface area contributed by atoms with Gasteiger partial charge in [0.2, 0.25) is 0 Å². The molecule has 0 spiro atoms. The second kappa shape index (κ2) is 21.4. The van der Waals surface area contributed by atoms with Gasteiger partial charge in [-0.25, -0.2) is 19.2 Å². The predicted octanol–water partition coefficient (Wildman–Crippen LogP) is 8.65. The second-order valence-electron chi connectivity index (χ2n) is 14.9. The summed E-state index contributed by atoms with van der Waals surface area (Å²) in [6, 6.07) is 35.0. The topological polar surface area (TPSA) is 124 Å². The van der Waals surface area contributed by atoms with E-state index in [1.165, 1.54) is 0 Å². The van der Waals surface area contributed by atoms with Crippen LogP contribution in [0.5, 0.6) is 0 Å². The first kappa shape index (κ1) is 43.0. The first-order valence-corrected chi connectivity index (χ1v) is 21.7. The molecule has 2 aliphatic heterocycles. The van der Waals surface area contributed by atoms with Crippen LogP contribution in [-0.4, -0.2) is 72.2 Å². The number of nitrogens with one attached hydrogen (secondary N) is 1. The first-order valence-electron chi connectivity index (χ1n) is 20.6. The molecular weight excluding hydrogens is 812 g/mol. The summed E-state index contributed by atoms with van der Waals surface area (Å²) in [6.45, 7) is 9.10. The standard InChI is InChI=1S/C23H27N3O3.C21H23N3O3.C2H5Br/c1-2-25-20-12-6-7-13-21(20)26(22(25)27)16-19-11-8-14-24(15-19)23(28)29-17-18-9-4-3-5-10-18;25-20-22-18-10-4-5-11-19(18)24(20)14-17-9-6-12-23(13-17)21(26)27-15-16-7-2-1-3-8-16;1-2-3/h3-7,9-10,12-13,19H,2,8,11,14-17H2,1H3;1-5,7-8,10-11,17H,6,9,12-15H2,(H,22,25);2H2,1H3. The van der Waals surface area contributed by atoms with Gasteiger partial charge in [-0.1, -0.05) is 108 Å². The third-order valence-electron chi connectivity index (χ3n) is 10.8. The molecule has 6 aromatic rings. The zero-order chi connectivity index (χ0) is 41.6. The first-order chi connectivity index (χ1) is 28.8. The Hall–Kier alpha value is -5.56. The molecule has 8 rings (SSSR count). The van der Waals surface area contributed by atoms with Crippen molar-refractivity contribution in [1.82, 2.24) is 28.5 Å². The Balaban J connectivity index is 0.000000187. The Morgan fingerprint density at radius 2 is 1.07 bits per heavy atom. The maximum Gasteiger partial charge on any atom is 0.410 e. The summed E-state index contributed by atoms with van der Waals surface area (Å²) >= 11 is 3.15. The molecule has 2 unspecified atom stereocenters. The molecule has 0 radical (unpaired) electrons. The molecule has 2 atom stereocenters. The number of aromatic amines is 1. The van der Waals surface area contributed by atoms with Crippen molar-refractivity contribution in [2.75, 3.05) is 31.5 Å². The number of halogens is 1. The largest absolute Gasteiger partial charge is 0.445 e. The zero-order valence-corrected chi connectivity index (χ0v) is 35.6. The molecule has 2 amide bonds. The van der Waals surface area contributed by atoms with Gasteiger partial charge in [-0.2, -0.15) is 0 Å². The summed E-state index contributed by atoms with van der Waals surface area (Å²) < 4.78 is 16.4. The van der Waals surface area contributed by atoms with Gasteiger partial charge in [0.15, 0.2) is 0 Å². The summed E-state index contributed by atoms with van der Waals surface area (Å²) in [6.07, 6.45) is 3.28. The molecule has 12 nitrogen and oxygen atoms in total. The maximum atomic E-state index is 12.9. The van der Waals surface area contributed by atoms with E-state index in [1.807, 2.05) is 132 Å². The lowest BCUT2D eigenvalue weighted by molar-refractivity contribution is 0.0763. The number of hydrogen-bond donors (Lipinski definition) is 1. The Kier molecular flexibility index (Phi) is 15.6. The number of imidazole rings is 2. The van der Waals surface area contributed by atoms with Crippen molar-refractivity contribution in [1.29, 1.82) is 0 Å². The van der Waals surface area contributed by atoms with Crippen molar-refractivity contribution in [2.45, 2.75) is 72.4 Å². The molecule has 0 bridgehead atoms. The summed E-state index contributed by atoms with van der Waals surface area (Å²) in [4.78, 5) is 56.6. The van der Waals surface area contributed by atoms with Crippen LogP contribution in [0.4, 0.5) is 9.59 Å². The van der Waals surface area contributed by atoms with E-state index in [1.54, 1.807) is 14.4 Å². The minimum absolute atomic E-state index is 0.0254. The molecule has 0 aliphatic carbocycles. The number of piperidine rings is 2. The highest BCUT2D eigenvalue weighted by Gasteiger charge is 2.27. The summed E-state index contributed by atoms with van der Waals surface area (Å²) in [7, 11) is 0. The Morgan fingerprint density at radius 3 is 1.58 bits per heavy atom. The summed E-state index contributed by atoms with van der Waals surface area (Å²) in [5.41, 5.74) is 5.57. The van der Waals surface area contributed by atoms with E-state index < -0.39 is 0 Å². The second-order valence-corrected chi connectivity index (χ2v) is 16.1. The maximum absolute atomic E-state index is 12.9. The molecule has 2 saturated heterocycles. The van der Waals surface area contributed by atoms with Crippen molar-refractivity contribution >= 4 is 50.2 Å². The number of alkyl halides is 1. The number of likely N-dealkylation sites (tertiary alicyclic amines) is 2. The lowest BCUT2D eigenvalue weighted by Crippen LogP contribution is -2.42. The van der Waals surface area contributed by atoms with Gasteiger partial charge in [-0.3, -0.25) is 13.7 Å². The number of ether oxygens (including phenoxy) is 2. The Labute approximate surface area is 353 Å². The average Bonchev–Trinajstić information content (AvgIpc) is 3.73. The quantitative estimate of drug-likeness (QED) is 0.145. The number of carbonyl (C=O) groups is 2. The van der Waals surface area contributed by atoms with Gasteiger partial charge in [0.25, 0.3) is 0 Å². The summed E-state index contributed by atoms with van der Waals surface area (Å²) in [5.74, 6) is 0.474. The highest BCUT2D eigenvalue weighted by Crippen LogP contribution is 2.23. The fraction of sp³-hybridized carbons (Fsp3) is 0.391. The third-order valence-corrected chi connectivity index (χ3v) is 10.8. The van der Waals surface area contributed by atoms with Gasteiger partial charge in [-0.15, -0.1) is 0 Å². The monoisotopic (exact) mass is 866 g/mol. The van der Waals surface area contributed by atoms with Crippen LogP contribution in [0.15, 0.2) is 119 Å². The van der Waals surface area contributed by atoms with Gasteiger partial charge in [0.05, 0.1) is 22.1 Å². The van der Waals surface area contributed by atoms with E-state index in [-0.39, 0.29) is 48.6 Å². The number of fused-ring (bicyclic) bond motifs is 2. The molecule has 312 valence electrons. The lowest BCUT2D eigenvalue weighted by Gasteiger charge is -2.32. The zero-order valence-electron chi connectivity index (χ0n) is 34.0.